The van der Waals surface area contributed by atoms with Crippen LogP contribution in [0.2, 0.25) is 0 Å². The molecule has 0 saturated heterocycles. The number of aliphatic hydroxyl groups is 1. The summed E-state index contributed by atoms with van der Waals surface area (Å²) < 4.78 is 0. The third-order valence-corrected chi connectivity index (χ3v) is 2.47. The van der Waals surface area contributed by atoms with Gasteiger partial charge in [-0.15, -0.1) is 0 Å². The van der Waals surface area contributed by atoms with Crippen LogP contribution >= 0.6 is 0 Å². The second-order valence-electron chi connectivity index (χ2n) is 3.91. The second kappa shape index (κ2) is 5.03. The van der Waals surface area contributed by atoms with Crippen LogP contribution in [0.4, 0.5) is 0 Å². The third kappa shape index (κ3) is 2.67. The van der Waals surface area contributed by atoms with E-state index in [1.165, 1.54) is 0 Å². The fourth-order valence-corrected chi connectivity index (χ4v) is 1.60. The Kier molecular flexibility index (Phi) is 3.46. The van der Waals surface area contributed by atoms with Crippen LogP contribution in [-0.2, 0) is 0 Å². The van der Waals surface area contributed by atoms with Crippen LogP contribution in [0.25, 0.3) is 11.3 Å². The second-order valence-corrected chi connectivity index (χ2v) is 3.91. The standard InChI is InChI=1S/C13H15N3O/c1-9-7-12(10-5-3-2-4-6-10)16-13(15-9)11(14)8-17/h2-7,11,17H,8,14H2,1H3. The Labute approximate surface area is 100 Å². The number of nitrogens with two attached hydrogens (primary N) is 1. The first kappa shape index (κ1) is 11.7. The summed E-state index contributed by atoms with van der Waals surface area (Å²) in [6, 6.07) is 11.2. The van der Waals surface area contributed by atoms with Crippen LogP contribution in [0, 0.1) is 6.92 Å². The van der Waals surface area contributed by atoms with E-state index in [0.717, 1.165) is 17.0 Å². The lowest BCUT2D eigenvalue weighted by Gasteiger charge is -2.10. The molecule has 88 valence electrons. The Hall–Kier alpha value is -1.78. The lowest BCUT2D eigenvalue weighted by atomic mass is 10.1. The molecule has 0 aliphatic heterocycles. The summed E-state index contributed by atoms with van der Waals surface area (Å²) in [6.45, 7) is 1.74. The van der Waals surface area contributed by atoms with Gasteiger partial charge in [-0.3, -0.25) is 0 Å². The number of rotatable bonds is 3. The molecule has 1 aromatic heterocycles. The van der Waals surface area contributed by atoms with Crippen molar-refractivity contribution >= 4 is 0 Å². The summed E-state index contributed by atoms with van der Waals surface area (Å²) >= 11 is 0. The molecule has 1 atom stereocenters. The maximum absolute atomic E-state index is 9.04. The van der Waals surface area contributed by atoms with E-state index < -0.39 is 6.04 Å². The number of benzene rings is 1. The Morgan fingerprint density at radius 3 is 2.59 bits per heavy atom. The molecule has 0 radical (unpaired) electrons. The van der Waals surface area contributed by atoms with Crippen molar-refractivity contribution < 1.29 is 5.11 Å². The molecule has 0 spiro atoms. The highest BCUT2D eigenvalue weighted by molar-refractivity contribution is 5.59. The molecule has 1 aromatic carbocycles. The van der Waals surface area contributed by atoms with E-state index in [2.05, 4.69) is 9.97 Å². The van der Waals surface area contributed by atoms with Gasteiger partial charge in [-0.05, 0) is 13.0 Å². The van der Waals surface area contributed by atoms with Crippen molar-refractivity contribution in [2.24, 2.45) is 5.73 Å². The minimum atomic E-state index is -0.530. The highest BCUT2D eigenvalue weighted by atomic mass is 16.3. The largest absolute Gasteiger partial charge is 0.394 e. The summed E-state index contributed by atoms with van der Waals surface area (Å²) in [5.41, 5.74) is 8.43. The van der Waals surface area contributed by atoms with E-state index in [1.807, 2.05) is 43.3 Å². The van der Waals surface area contributed by atoms with Crippen LogP contribution in [-0.4, -0.2) is 21.7 Å². The average molecular weight is 229 g/mol. The van der Waals surface area contributed by atoms with Gasteiger partial charge in [0.25, 0.3) is 0 Å². The molecule has 2 rings (SSSR count). The van der Waals surface area contributed by atoms with Gasteiger partial charge in [0.1, 0.15) is 5.82 Å². The zero-order chi connectivity index (χ0) is 12.3. The van der Waals surface area contributed by atoms with Crippen LogP contribution in [0.15, 0.2) is 36.4 Å². The summed E-state index contributed by atoms with van der Waals surface area (Å²) in [7, 11) is 0. The Balaban J connectivity index is 2.45. The monoisotopic (exact) mass is 229 g/mol. The van der Waals surface area contributed by atoms with Gasteiger partial charge in [0.05, 0.1) is 18.3 Å². The topological polar surface area (TPSA) is 72.0 Å². The molecule has 17 heavy (non-hydrogen) atoms. The first-order valence-corrected chi connectivity index (χ1v) is 5.48. The van der Waals surface area contributed by atoms with Crippen molar-refractivity contribution in [1.29, 1.82) is 0 Å². The van der Waals surface area contributed by atoms with Crippen LogP contribution in [0.5, 0.6) is 0 Å². The fourth-order valence-electron chi connectivity index (χ4n) is 1.60. The van der Waals surface area contributed by atoms with Crippen molar-refractivity contribution in [2.45, 2.75) is 13.0 Å². The van der Waals surface area contributed by atoms with Gasteiger partial charge in [0, 0.05) is 11.3 Å². The van der Waals surface area contributed by atoms with Crippen LogP contribution in [0.3, 0.4) is 0 Å². The van der Waals surface area contributed by atoms with E-state index in [9.17, 15) is 0 Å². The number of hydrogen-bond donors (Lipinski definition) is 2. The summed E-state index contributed by atoms with van der Waals surface area (Å²) in [4.78, 5) is 8.61. The number of aliphatic hydroxyl groups excluding tert-OH is 1. The quantitative estimate of drug-likeness (QED) is 0.835. The predicted octanol–water partition coefficient (Wildman–Crippen LogP) is 1.44. The molecule has 0 aliphatic rings. The SMILES string of the molecule is Cc1cc(-c2ccccc2)nc(C(N)CO)n1. The van der Waals surface area contributed by atoms with Crippen molar-refractivity contribution in [3.63, 3.8) is 0 Å². The summed E-state index contributed by atoms with van der Waals surface area (Å²) in [5, 5.41) is 9.04. The molecule has 2 aromatic rings. The predicted molar refractivity (Wildman–Crippen MR) is 66.2 cm³/mol. The van der Waals surface area contributed by atoms with Gasteiger partial charge in [-0.2, -0.15) is 0 Å². The summed E-state index contributed by atoms with van der Waals surface area (Å²) in [5.74, 6) is 0.478. The zero-order valence-corrected chi connectivity index (χ0v) is 9.67. The Bertz CT molecular complexity index is 499. The molecule has 4 nitrogen and oxygen atoms in total. The first-order valence-electron chi connectivity index (χ1n) is 5.48. The molecule has 0 bridgehead atoms. The number of nitrogens with zero attached hydrogens (tertiary/aromatic N) is 2. The minimum absolute atomic E-state index is 0.155. The van der Waals surface area contributed by atoms with Crippen molar-refractivity contribution in [1.82, 2.24) is 9.97 Å². The first-order chi connectivity index (χ1) is 8.20. The van der Waals surface area contributed by atoms with Crippen molar-refractivity contribution in [3.05, 3.63) is 47.9 Å². The smallest absolute Gasteiger partial charge is 0.148 e. The van der Waals surface area contributed by atoms with Gasteiger partial charge in [-0.1, -0.05) is 30.3 Å². The maximum Gasteiger partial charge on any atom is 0.148 e. The molecule has 3 N–H and O–H groups in total. The fraction of sp³-hybridized carbons (Fsp3) is 0.231. The van der Waals surface area contributed by atoms with Crippen molar-refractivity contribution in [3.8, 4) is 11.3 Å². The molecular formula is C13H15N3O. The molecule has 0 amide bonds. The van der Waals surface area contributed by atoms with Gasteiger partial charge in [0.2, 0.25) is 0 Å². The number of aromatic nitrogens is 2. The lowest BCUT2D eigenvalue weighted by molar-refractivity contribution is 0.263. The van der Waals surface area contributed by atoms with Crippen LogP contribution in [0.1, 0.15) is 17.6 Å². The maximum atomic E-state index is 9.04. The van der Waals surface area contributed by atoms with E-state index in [0.29, 0.717) is 5.82 Å². The third-order valence-electron chi connectivity index (χ3n) is 2.47. The number of aryl methyl sites for hydroxylation is 1. The van der Waals surface area contributed by atoms with Gasteiger partial charge in [-0.25, -0.2) is 9.97 Å². The molecule has 1 unspecified atom stereocenters. The molecular weight excluding hydrogens is 214 g/mol. The highest BCUT2D eigenvalue weighted by Gasteiger charge is 2.10. The van der Waals surface area contributed by atoms with E-state index >= 15 is 0 Å². The highest BCUT2D eigenvalue weighted by Crippen LogP contribution is 2.18. The number of hydrogen-bond acceptors (Lipinski definition) is 4. The average Bonchev–Trinajstić information content (AvgIpc) is 2.38. The van der Waals surface area contributed by atoms with E-state index in [-0.39, 0.29) is 6.61 Å². The van der Waals surface area contributed by atoms with Gasteiger partial charge >= 0.3 is 0 Å². The lowest BCUT2D eigenvalue weighted by Crippen LogP contribution is -2.18. The molecule has 1 heterocycles. The van der Waals surface area contributed by atoms with Gasteiger partial charge < -0.3 is 10.8 Å². The Morgan fingerprint density at radius 2 is 1.94 bits per heavy atom. The zero-order valence-electron chi connectivity index (χ0n) is 9.67. The molecule has 0 aliphatic carbocycles. The van der Waals surface area contributed by atoms with Gasteiger partial charge in [0.15, 0.2) is 0 Å². The summed E-state index contributed by atoms with van der Waals surface area (Å²) in [6.07, 6.45) is 0. The van der Waals surface area contributed by atoms with Crippen LogP contribution < -0.4 is 5.73 Å². The van der Waals surface area contributed by atoms with E-state index in [4.69, 9.17) is 10.8 Å². The molecule has 4 heteroatoms. The normalized spacial score (nSPS) is 12.4. The van der Waals surface area contributed by atoms with E-state index in [1.54, 1.807) is 0 Å². The minimum Gasteiger partial charge on any atom is -0.394 e. The molecule has 0 fully saturated rings. The molecule has 0 saturated carbocycles. The Morgan fingerprint density at radius 1 is 1.24 bits per heavy atom. The van der Waals surface area contributed by atoms with Crippen molar-refractivity contribution in [2.75, 3.05) is 6.61 Å².